The minimum Gasteiger partial charge on any atom is -0.497 e. The molecule has 0 atom stereocenters. The van der Waals surface area contributed by atoms with Gasteiger partial charge in [-0.05, 0) is 30.5 Å². The zero-order valence-corrected chi connectivity index (χ0v) is 8.66. The van der Waals surface area contributed by atoms with Crippen LogP contribution in [0.25, 0.3) is 0 Å². The lowest BCUT2D eigenvalue weighted by Gasteiger charge is -2.12. The highest BCUT2D eigenvalue weighted by molar-refractivity contribution is 5.41. The molecule has 0 N–H and O–H groups in total. The topological polar surface area (TPSA) is 35.5 Å². The molecule has 1 saturated carbocycles. The number of carbonyl (C=O) groups excluding carboxylic acids is 1. The van der Waals surface area contributed by atoms with E-state index in [1.54, 1.807) is 7.11 Å². The molecule has 1 aliphatic carbocycles. The van der Waals surface area contributed by atoms with E-state index in [-0.39, 0.29) is 5.60 Å². The summed E-state index contributed by atoms with van der Waals surface area (Å²) in [5.41, 5.74) is 0.843. The molecule has 3 nitrogen and oxygen atoms in total. The van der Waals surface area contributed by atoms with Crippen molar-refractivity contribution >= 4 is 6.47 Å². The SMILES string of the molecule is COc1cccc(CC2(O[C]=O)CC2)c1. The van der Waals surface area contributed by atoms with Gasteiger partial charge in [-0.2, -0.15) is 0 Å². The Morgan fingerprint density at radius 1 is 1.47 bits per heavy atom. The Hall–Kier alpha value is -1.51. The maximum atomic E-state index is 10.2. The van der Waals surface area contributed by atoms with E-state index < -0.39 is 0 Å². The third kappa shape index (κ3) is 2.29. The van der Waals surface area contributed by atoms with Gasteiger partial charge in [-0.1, -0.05) is 12.1 Å². The van der Waals surface area contributed by atoms with E-state index in [4.69, 9.17) is 9.47 Å². The maximum absolute atomic E-state index is 10.2. The Labute approximate surface area is 89.0 Å². The number of hydrogen-bond donors (Lipinski definition) is 0. The van der Waals surface area contributed by atoms with E-state index in [1.165, 1.54) is 6.47 Å². The third-order valence-electron chi connectivity index (χ3n) is 2.73. The lowest BCUT2D eigenvalue weighted by Crippen LogP contribution is -2.16. The Bertz CT molecular complexity index is 356. The standard InChI is InChI=1S/C12H13O3/c1-14-11-4-2-3-10(7-11)8-12(5-6-12)15-9-13/h2-4,7H,5-6,8H2,1H3. The molecule has 0 heterocycles. The Balaban J connectivity index is 2.07. The highest BCUT2D eigenvalue weighted by Crippen LogP contribution is 2.42. The van der Waals surface area contributed by atoms with Crippen molar-refractivity contribution in [2.24, 2.45) is 0 Å². The molecule has 0 bridgehead atoms. The van der Waals surface area contributed by atoms with Gasteiger partial charge in [-0.25, -0.2) is 4.79 Å². The smallest absolute Gasteiger partial charge is 0.418 e. The number of methoxy groups -OCH3 is 1. The Morgan fingerprint density at radius 2 is 2.27 bits per heavy atom. The second kappa shape index (κ2) is 3.93. The summed E-state index contributed by atoms with van der Waals surface area (Å²) in [7, 11) is 1.64. The molecule has 1 aromatic carbocycles. The molecule has 15 heavy (non-hydrogen) atoms. The van der Waals surface area contributed by atoms with Crippen LogP contribution in [-0.4, -0.2) is 19.2 Å². The van der Waals surface area contributed by atoms with Crippen molar-refractivity contribution in [1.29, 1.82) is 0 Å². The van der Waals surface area contributed by atoms with Crippen molar-refractivity contribution in [2.75, 3.05) is 7.11 Å². The summed E-state index contributed by atoms with van der Waals surface area (Å²) in [6.45, 7) is 1.54. The van der Waals surface area contributed by atoms with E-state index >= 15 is 0 Å². The van der Waals surface area contributed by atoms with E-state index in [9.17, 15) is 4.79 Å². The van der Waals surface area contributed by atoms with Gasteiger partial charge in [0.15, 0.2) is 0 Å². The summed E-state index contributed by atoms with van der Waals surface area (Å²) in [5, 5.41) is 0. The molecule has 1 aliphatic rings. The Kier molecular flexibility index (Phi) is 2.62. The van der Waals surface area contributed by atoms with Crippen LogP contribution in [0.5, 0.6) is 5.75 Å². The number of benzene rings is 1. The van der Waals surface area contributed by atoms with Crippen molar-refractivity contribution in [3.8, 4) is 5.75 Å². The van der Waals surface area contributed by atoms with Gasteiger partial charge in [0.1, 0.15) is 11.4 Å². The van der Waals surface area contributed by atoms with E-state index in [2.05, 4.69) is 0 Å². The Morgan fingerprint density at radius 3 is 2.87 bits per heavy atom. The van der Waals surface area contributed by atoms with Gasteiger partial charge in [0.2, 0.25) is 0 Å². The molecule has 0 amide bonds. The molecular weight excluding hydrogens is 192 g/mol. The van der Waals surface area contributed by atoms with Crippen LogP contribution in [0.15, 0.2) is 24.3 Å². The van der Waals surface area contributed by atoms with Gasteiger partial charge in [-0.3, -0.25) is 0 Å². The predicted octanol–water partition coefficient (Wildman–Crippen LogP) is 1.85. The minimum absolute atomic E-state index is 0.284. The molecule has 1 fully saturated rings. The first kappa shape index (κ1) is 10.0. The quantitative estimate of drug-likeness (QED) is 0.736. The molecule has 2 rings (SSSR count). The van der Waals surface area contributed by atoms with Crippen LogP contribution in [0.2, 0.25) is 0 Å². The summed E-state index contributed by atoms with van der Waals surface area (Å²) in [6.07, 6.45) is 2.61. The van der Waals surface area contributed by atoms with Gasteiger partial charge in [0.25, 0.3) is 0 Å². The van der Waals surface area contributed by atoms with Crippen LogP contribution in [0.3, 0.4) is 0 Å². The molecule has 0 aliphatic heterocycles. The molecule has 1 radical (unpaired) electrons. The van der Waals surface area contributed by atoms with E-state index in [1.807, 2.05) is 24.3 Å². The molecule has 79 valence electrons. The average molecular weight is 205 g/mol. The summed E-state index contributed by atoms with van der Waals surface area (Å²) in [5.74, 6) is 0.832. The van der Waals surface area contributed by atoms with Crippen molar-refractivity contribution < 1.29 is 14.3 Å². The van der Waals surface area contributed by atoms with Crippen molar-refractivity contribution in [3.05, 3.63) is 29.8 Å². The van der Waals surface area contributed by atoms with Gasteiger partial charge in [0, 0.05) is 6.42 Å². The van der Waals surface area contributed by atoms with Crippen molar-refractivity contribution in [2.45, 2.75) is 24.9 Å². The average Bonchev–Trinajstić information content (AvgIpc) is 2.99. The largest absolute Gasteiger partial charge is 0.497 e. The van der Waals surface area contributed by atoms with Crippen molar-refractivity contribution in [3.63, 3.8) is 0 Å². The predicted molar refractivity (Wildman–Crippen MR) is 55.4 cm³/mol. The second-order valence-corrected chi connectivity index (χ2v) is 3.90. The van der Waals surface area contributed by atoms with Crippen LogP contribution < -0.4 is 4.74 Å². The number of rotatable bonds is 5. The molecule has 3 heteroatoms. The first-order valence-corrected chi connectivity index (χ1v) is 4.96. The van der Waals surface area contributed by atoms with Crippen LogP contribution in [-0.2, 0) is 16.0 Å². The molecule has 1 aromatic rings. The highest BCUT2D eigenvalue weighted by atomic mass is 16.5. The minimum atomic E-state index is -0.284. The van der Waals surface area contributed by atoms with Gasteiger partial charge >= 0.3 is 6.47 Å². The summed E-state index contributed by atoms with van der Waals surface area (Å²) < 4.78 is 10.1. The number of hydrogen-bond acceptors (Lipinski definition) is 3. The van der Waals surface area contributed by atoms with E-state index in [0.717, 1.165) is 30.6 Å². The monoisotopic (exact) mass is 205 g/mol. The second-order valence-electron chi connectivity index (χ2n) is 3.90. The first-order valence-electron chi connectivity index (χ1n) is 4.96. The van der Waals surface area contributed by atoms with Gasteiger partial charge < -0.3 is 9.47 Å². The maximum Gasteiger partial charge on any atom is 0.418 e. The lowest BCUT2D eigenvalue weighted by atomic mass is 10.1. The first-order chi connectivity index (χ1) is 7.28. The zero-order chi connectivity index (χ0) is 10.7. The molecular formula is C12H13O3. The normalized spacial score (nSPS) is 16.9. The number of ether oxygens (including phenoxy) is 2. The fourth-order valence-corrected chi connectivity index (χ4v) is 1.70. The lowest BCUT2D eigenvalue weighted by molar-refractivity contribution is 0.154. The summed E-state index contributed by atoms with van der Waals surface area (Å²) >= 11 is 0. The summed E-state index contributed by atoms with van der Waals surface area (Å²) in [4.78, 5) is 10.2. The summed E-state index contributed by atoms with van der Waals surface area (Å²) in [6, 6.07) is 7.82. The fourth-order valence-electron chi connectivity index (χ4n) is 1.70. The van der Waals surface area contributed by atoms with Crippen LogP contribution in [0.1, 0.15) is 18.4 Å². The molecule has 0 aromatic heterocycles. The fraction of sp³-hybridized carbons (Fsp3) is 0.417. The molecule has 0 saturated heterocycles. The zero-order valence-electron chi connectivity index (χ0n) is 8.66. The highest BCUT2D eigenvalue weighted by Gasteiger charge is 2.45. The van der Waals surface area contributed by atoms with Crippen molar-refractivity contribution in [1.82, 2.24) is 0 Å². The van der Waals surface area contributed by atoms with E-state index in [0.29, 0.717) is 0 Å². The van der Waals surface area contributed by atoms with Crippen LogP contribution >= 0.6 is 0 Å². The van der Waals surface area contributed by atoms with Crippen LogP contribution in [0, 0.1) is 0 Å². The third-order valence-corrected chi connectivity index (χ3v) is 2.73. The van der Waals surface area contributed by atoms with Gasteiger partial charge in [0.05, 0.1) is 7.11 Å². The van der Waals surface area contributed by atoms with Crippen LogP contribution in [0.4, 0.5) is 0 Å². The molecule has 0 spiro atoms. The molecule has 0 unspecified atom stereocenters. The van der Waals surface area contributed by atoms with Gasteiger partial charge in [-0.15, -0.1) is 0 Å².